The van der Waals surface area contributed by atoms with Crippen LogP contribution in [-0.4, -0.2) is 16.1 Å². The predicted octanol–water partition coefficient (Wildman–Crippen LogP) is 3.61. The van der Waals surface area contributed by atoms with Crippen LogP contribution in [0.4, 0.5) is 5.69 Å². The largest absolute Gasteiger partial charge is 0.421 e. The molecule has 1 aromatic heterocycles. The van der Waals surface area contributed by atoms with Gasteiger partial charge < -0.3 is 9.73 Å². The minimum absolute atomic E-state index is 0.138. The Morgan fingerprint density at radius 2 is 1.64 bits per heavy atom. The molecule has 110 valence electrons. The molecule has 0 fully saturated rings. The van der Waals surface area contributed by atoms with Gasteiger partial charge in [-0.05, 0) is 43.3 Å². The van der Waals surface area contributed by atoms with Gasteiger partial charge in [-0.3, -0.25) is 4.79 Å². The zero-order valence-electron chi connectivity index (χ0n) is 12.3. The van der Waals surface area contributed by atoms with Crippen LogP contribution in [0.15, 0.2) is 52.9 Å². The Kier molecular flexibility index (Phi) is 3.70. The zero-order valence-corrected chi connectivity index (χ0v) is 12.3. The fourth-order valence-electron chi connectivity index (χ4n) is 2.02. The van der Waals surface area contributed by atoms with Crippen LogP contribution in [0.25, 0.3) is 11.5 Å². The summed E-state index contributed by atoms with van der Waals surface area (Å²) < 4.78 is 5.36. The maximum Gasteiger partial charge on any atom is 0.255 e. The van der Waals surface area contributed by atoms with Gasteiger partial charge in [0.05, 0.1) is 0 Å². The molecule has 0 aliphatic rings. The summed E-state index contributed by atoms with van der Waals surface area (Å²) in [7, 11) is 0. The molecule has 0 saturated heterocycles. The molecule has 22 heavy (non-hydrogen) atoms. The van der Waals surface area contributed by atoms with Crippen molar-refractivity contribution in [2.45, 2.75) is 13.8 Å². The summed E-state index contributed by atoms with van der Waals surface area (Å²) in [5.41, 5.74) is 3.28. The number of hydrogen-bond acceptors (Lipinski definition) is 4. The molecule has 0 radical (unpaired) electrons. The second kappa shape index (κ2) is 5.81. The number of nitrogens with one attached hydrogen (secondary N) is 1. The smallest absolute Gasteiger partial charge is 0.255 e. The van der Waals surface area contributed by atoms with Crippen LogP contribution in [-0.2, 0) is 0 Å². The fraction of sp³-hybridized carbons (Fsp3) is 0.118. The molecule has 2 aromatic carbocycles. The number of nitrogens with zero attached hydrogens (tertiary/aromatic N) is 2. The molecule has 0 unspecified atom stereocenters. The van der Waals surface area contributed by atoms with E-state index in [0.29, 0.717) is 23.0 Å². The number of benzene rings is 2. The van der Waals surface area contributed by atoms with Gasteiger partial charge >= 0.3 is 0 Å². The molecule has 3 aromatic rings. The normalized spacial score (nSPS) is 10.5. The molecule has 0 bridgehead atoms. The van der Waals surface area contributed by atoms with Gasteiger partial charge in [-0.15, -0.1) is 10.2 Å². The number of anilines is 1. The Bertz CT molecular complexity index is 790. The van der Waals surface area contributed by atoms with E-state index in [1.54, 1.807) is 31.2 Å². The standard InChI is InChI=1S/C17H15N3O2/c1-11-3-5-13(6-4-11)16(21)18-15-9-7-14(8-10-15)17-20-19-12(2)22-17/h3-10H,1-2H3,(H,18,21). The molecule has 5 heteroatoms. The summed E-state index contributed by atoms with van der Waals surface area (Å²) in [4.78, 5) is 12.1. The van der Waals surface area contributed by atoms with E-state index in [2.05, 4.69) is 15.5 Å². The van der Waals surface area contributed by atoms with Crippen LogP contribution in [0.3, 0.4) is 0 Å². The Labute approximate surface area is 128 Å². The molecular formula is C17H15N3O2. The number of rotatable bonds is 3. The van der Waals surface area contributed by atoms with E-state index in [4.69, 9.17) is 4.42 Å². The number of aromatic nitrogens is 2. The minimum Gasteiger partial charge on any atom is -0.421 e. The van der Waals surface area contributed by atoms with Crippen LogP contribution in [0.2, 0.25) is 0 Å². The lowest BCUT2D eigenvalue weighted by Gasteiger charge is -2.06. The lowest BCUT2D eigenvalue weighted by atomic mass is 10.1. The third-order valence-corrected chi connectivity index (χ3v) is 3.23. The van der Waals surface area contributed by atoms with Gasteiger partial charge in [0.15, 0.2) is 0 Å². The van der Waals surface area contributed by atoms with Crippen LogP contribution >= 0.6 is 0 Å². The van der Waals surface area contributed by atoms with Crippen LogP contribution in [0.1, 0.15) is 21.8 Å². The van der Waals surface area contributed by atoms with E-state index in [-0.39, 0.29) is 5.91 Å². The SMILES string of the molecule is Cc1ccc(C(=O)Nc2ccc(-c3nnc(C)o3)cc2)cc1. The lowest BCUT2D eigenvalue weighted by Crippen LogP contribution is -2.11. The maximum atomic E-state index is 12.1. The Morgan fingerprint density at radius 3 is 2.23 bits per heavy atom. The van der Waals surface area contributed by atoms with Crippen molar-refractivity contribution >= 4 is 11.6 Å². The van der Waals surface area contributed by atoms with Gasteiger partial charge in [-0.1, -0.05) is 17.7 Å². The summed E-state index contributed by atoms with van der Waals surface area (Å²) in [5, 5.41) is 10.6. The maximum absolute atomic E-state index is 12.1. The highest BCUT2D eigenvalue weighted by atomic mass is 16.4. The number of hydrogen-bond donors (Lipinski definition) is 1. The van der Waals surface area contributed by atoms with Crippen LogP contribution in [0.5, 0.6) is 0 Å². The van der Waals surface area contributed by atoms with Crippen molar-refractivity contribution < 1.29 is 9.21 Å². The average Bonchev–Trinajstić information content (AvgIpc) is 2.95. The van der Waals surface area contributed by atoms with Gasteiger partial charge in [-0.25, -0.2) is 0 Å². The molecule has 5 nitrogen and oxygen atoms in total. The van der Waals surface area contributed by atoms with E-state index < -0.39 is 0 Å². The number of carbonyl (C=O) groups excluding carboxylic acids is 1. The molecule has 0 saturated carbocycles. The number of aryl methyl sites for hydroxylation is 2. The van der Waals surface area contributed by atoms with Crippen molar-refractivity contribution in [2.24, 2.45) is 0 Å². The Morgan fingerprint density at radius 1 is 0.955 bits per heavy atom. The van der Waals surface area contributed by atoms with Gasteiger partial charge in [-0.2, -0.15) is 0 Å². The third-order valence-electron chi connectivity index (χ3n) is 3.23. The van der Waals surface area contributed by atoms with Crippen molar-refractivity contribution in [3.05, 3.63) is 65.5 Å². The zero-order chi connectivity index (χ0) is 15.5. The quantitative estimate of drug-likeness (QED) is 0.801. The topological polar surface area (TPSA) is 68.0 Å². The highest BCUT2D eigenvalue weighted by Crippen LogP contribution is 2.20. The Hall–Kier alpha value is -2.95. The van der Waals surface area contributed by atoms with Crippen molar-refractivity contribution in [3.63, 3.8) is 0 Å². The van der Waals surface area contributed by atoms with Crippen LogP contribution < -0.4 is 5.32 Å². The van der Waals surface area contributed by atoms with E-state index in [0.717, 1.165) is 11.1 Å². The first-order valence-electron chi connectivity index (χ1n) is 6.90. The summed E-state index contributed by atoms with van der Waals surface area (Å²) in [6, 6.07) is 14.7. The van der Waals surface area contributed by atoms with Gasteiger partial charge in [0.25, 0.3) is 5.91 Å². The minimum atomic E-state index is -0.138. The summed E-state index contributed by atoms with van der Waals surface area (Å²) >= 11 is 0. The van der Waals surface area contributed by atoms with Crippen LogP contribution in [0, 0.1) is 13.8 Å². The second-order valence-electron chi connectivity index (χ2n) is 5.02. The highest BCUT2D eigenvalue weighted by Gasteiger charge is 2.08. The third kappa shape index (κ3) is 3.03. The van der Waals surface area contributed by atoms with E-state index in [1.165, 1.54) is 0 Å². The number of carbonyl (C=O) groups is 1. The van der Waals surface area contributed by atoms with E-state index in [1.807, 2.05) is 31.2 Å². The average molecular weight is 293 g/mol. The fourth-order valence-corrected chi connectivity index (χ4v) is 2.02. The molecule has 1 amide bonds. The second-order valence-corrected chi connectivity index (χ2v) is 5.02. The molecule has 3 rings (SSSR count). The van der Waals surface area contributed by atoms with Gasteiger partial charge in [0.2, 0.25) is 11.8 Å². The summed E-state index contributed by atoms with van der Waals surface area (Å²) in [6.07, 6.45) is 0. The van der Waals surface area contributed by atoms with Crippen molar-refractivity contribution in [1.29, 1.82) is 0 Å². The molecule has 0 aliphatic carbocycles. The molecule has 0 aliphatic heterocycles. The predicted molar refractivity (Wildman–Crippen MR) is 83.6 cm³/mol. The highest BCUT2D eigenvalue weighted by molar-refractivity contribution is 6.04. The molecule has 1 N–H and O–H groups in total. The van der Waals surface area contributed by atoms with Crippen molar-refractivity contribution in [3.8, 4) is 11.5 Å². The summed E-state index contributed by atoms with van der Waals surface area (Å²) in [6.45, 7) is 3.73. The first kappa shape index (κ1) is 14.0. The molecule has 1 heterocycles. The van der Waals surface area contributed by atoms with Crippen molar-refractivity contribution in [1.82, 2.24) is 10.2 Å². The first-order chi connectivity index (χ1) is 10.6. The van der Waals surface area contributed by atoms with Gasteiger partial charge in [0, 0.05) is 23.7 Å². The van der Waals surface area contributed by atoms with E-state index in [9.17, 15) is 4.79 Å². The molecule has 0 atom stereocenters. The number of amides is 1. The summed E-state index contributed by atoms with van der Waals surface area (Å²) in [5.74, 6) is 0.849. The lowest BCUT2D eigenvalue weighted by molar-refractivity contribution is 0.102. The first-order valence-corrected chi connectivity index (χ1v) is 6.90. The van der Waals surface area contributed by atoms with Gasteiger partial charge in [0.1, 0.15) is 0 Å². The monoisotopic (exact) mass is 293 g/mol. The van der Waals surface area contributed by atoms with E-state index >= 15 is 0 Å². The molecule has 0 spiro atoms. The Balaban J connectivity index is 1.73. The molecular weight excluding hydrogens is 278 g/mol. The van der Waals surface area contributed by atoms with Crippen molar-refractivity contribution in [2.75, 3.05) is 5.32 Å².